The van der Waals surface area contributed by atoms with Crippen LogP contribution in [0.4, 0.5) is 10.7 Å². The fraction of sp³-hybridized carbons (Fsp3) is 0.188. The average Bonchev–Trinajstić information content (AvgIpc) is 2.60. The fourth-order valence-electron chi connectivity index (χ4n) is 2.34. The molecule has 1 aliphatic heterocycles. The van der Waals surface area contributed by atoms with Crippen LogP contribution in [0.15, 0.2) is 40.1 Å². The fourth-order valence-corrected chi connectivity index (χ4v) is 4.74. The number of ether oxygens (including phenoxy) is 1. The number of nitrogens with zero attached hydrogens (tertiary/aromatic N) is 2. The van der Waals surface area contributed by atoms with E-state index < -0.39 is 16.1 Å². The molecule has 2 heterocycles. The van der Waals surface area contributed by atoms with E-state index in [4.69, 9.17) is 4.74 Å². The summed E-state index contributed by atoms with van der Waals surface area (Å²) < 4.78 is 32.2. The van der Waals surface area contributed by atoms with Crippen LogP contribution in [0.2, 0.25) is 0 Å². The van der Waals surface area contributed by atoms with Crippen molar-refractivity contribution in [2.24, 2.45) is 0 Å². The molecule has 2 aromatic rings. The van der Waals surface area contributed by atoms with Crippen molar-refractivity contribution in [2.45, 2.75) is 16.7 Å². The van der Waals surface area contributed by atoms with Crippen LogP contribution in [-0.4, -0.2) is 37.3 Å². The van der Waals surface area contributed by atoms with Crippen molar-refractivity contribution < 1.29 is 17.9 Å². The van der Waals surface area contributed by atoms with E-state index in [1.165, 1.54) is 24.9 Å². The Balaban J connectivity index is 1.81. The van der Waals surface area contributed by atoms with Gasteiger partial charge >= 0.3 is 6.03 Å². The number of benzene rings is 1. The molecule has 1 aromatic heterocycles. The second-order valence-electron chi connectivity index (χ2n) is 5.32. The van der Waals surface area contributed by atoms with Gasteiger partial charge in [-0.25, -0.2) is 22.9 Å². The van der Waals surface area contributed by atoms with Gasteiger partial charge in [0.1, 0.15) is 4.90 Å². The zero-order chi connectivity index (χ0) is 18.7. The van der Waals surface area contributed by atoms with Gasteiger partial charge in [-0.05, 0) is 18.6 Å². The third-order valence-electron chi connectivity index (χ3n) is 3.41. The molecule has 0 radical (unpaired) electrons. The second-order valence-corrected chi connectivity index (χ2v) is 8.00. The van der Waals surface area contributed by atoms with Crippen molar-refractivity contribution in [1.29, 1.82) is 0 Å². The number of methoxy groups -OCH3 is 1. The number of urea groups is 1. The van der Waals surface area contributed by atoms with Crippen molar-refractivity contribution in [3.63, 3.8) is 0 Å². The van der Waals surface area contributed by atoms with E-state index in [0.29, 0.717) is 16.3 Å². The predicted molar refractivity (Wildman–Crippen MR) is 98.9 cm³/mol. The number of fused-ring (bicyclic) bond motifs is 1. The highest BCUT2D eigenvalue weighted by Gasteiger charge is 2.24. The molecule has 0 unspecified atom stereocenters. The van der Waals surface area contributed by atoms with Gasteiger partial charge in [0.2, 0.25) is 11.8 Å². The molecular formula is C16H16N4O4S2. The number of nitrogens with one attached hydrogen (secondary N) is 2. The highest BCUT2D eigenvalue weighted by Crippen LogP contribution is 2.34. The Labute approximate surface area is 155 Å². The number of aromatic nitrogens is 2. The number of hydrogen-bond donors (Lipinski definition) is 2. The lowest BCUT2D eigenvalue weighted by molar-refractivity contribution is 0.256. The number of aryl methyl sites for hydroxylation is 1. The molecule has 2 N–H and O–H groups in total. The zero-order valence-corrected chi connectivity index (χ0v) is 15.6. The lowest BCUT2D eigenvalue weighted by Crippen LogP contribution is -2.35. The van der Waals surface area contributed by atoms with E-state index in [2.05, 4.69) is 15.3 Å². The van der Waals surface area contributed by atoms with Crippen LogP contribution in [0.3, 0.4) is 0 Å². The highest BCUT2D eigenvalue weighted by atomic mass is 32.2. The summed E-state index contributed by atoms with van der Waals surface area (Å²) in [7, 11) is -2.62. The lowest BCUT2D eigenvalue weighted by Gasteiger charge is -2.15. The maximum atomic E-state index is 12.6. The third kappa shape index (κ3) is 3.97. The molecule has 2 amide bonds. The minimum Gasteiger partial charge on any atom is -0.481 e. The van der Waals surface area contributed by atoms with Gasteiger partial charge in [-0.3, -0.25) is 5.32 Å². The lowest BCUT2D eigenvalue weighted by atomic mass is 10.2. The molecule has 1 aliphatic rings. The summed E-state index contributed by atoms with van der Waals surface area (Å²) in [4.78, 5) is 20.8. The van der Waals surface area contributed by atoms with E-state index >= 15 is 0 Å². The Morgan fingerprint density at radius 1 is 1.31 bits per heavy atom. The number of thioether (sulfide) groups is 1. The summed E-state index contributed by atoms with van der Waals surface area (Å²) in [5, 5.41) is 2.31. The first-order valence-corrected chi connectivity index (χ1v) is 10.0. The maximum absolute atomic E-state index is 12.6. The molecule has 136 valence electrons. The largest absolute Gasteiger partial charge is 0.481 e. The summed E-state index contributed by atoms with van der Waals surface area (Å²) in [6.45, 7) is 1.70. The van der Waals surface area contributed by atoms with Crippen LogP contribution >= 0.6 is 11.8 Å². The van der Waals surface area contributed by atoms with Crippen LogP contribution < -0.4 is 14.8 Å². The topological polar surface area (TPSA) is 110 Å². The zero-order valence-electron chi connectivity index (χ0n) is 14.0. The van der Waals surface area contributed by atoms with E-state index in [-0.39, 0.29) is 16.7 Å². The number of sulfonamides is 1. The molecule has 0 fully saturated rings. The number of carbonyl (C=O) groups excluding carboxylic acids is 1. The van der Waals surface area contributed by atoms with Crippen molar-refractivity contribution in [1.82, 2.24) is 14.7 Å². The number of amides is 2. The molecule has 8 nitrogen and oxygen atoms in total. The Kier molecular flexibility index (Phi) is 5.14. The smallest absolute Gasteiger partial charge is 0.335 e. The highest BCUT2D eigenvalue weighted by molar-refractivity contribution is 8.00. The molecular weight excluding hydrogens is 376 g/mol. The van der Waals surface area contributed by atoms with Gasteiger partial charge in [0, 0.05) is 22.4 Å². The quantitative estimate of drug-likeness (QED) is 0.822. The van der Waals surface area contributed by atoms with Crippen LogP contribution in [0.1, 0.15) is 11.3 Å². The summed E-state index contributed by atoms with van der Waals surface area (Å²) in [5.41, 5.74) is 1.37. The molecule has 0 bridgehead atoms. The molecule has 0 saturated carbocycles. The average molecular weight is 392 g/mol. The van der Waals surface area contributed by atoms with Crippen molar-refractivity contribution in [3.8, 4) is 5.88 Å². The van der Waals surface area contributed by atoms with Crippen LogP contribution in [0, 0.1) is 6.92 Å². The van der Waals surface area contributed by atoms with Gasteiger partial charge in [0.15, 0.2) is 0 Å². The Bertz CT molecular complexity index is 990. The molecule has 0 saturated heterocycles. The number of rotatable bonds is 4. The van der Waals surface area contributed by atoms with Gasteiger partial charge < -0.3 is 4.74 Å². The van der Waals surface area contributed by atoms with E-state index in [1.807, 2.05) is 22.9 Å². The molecule has 10 heteroatoms. The number of carbonyl (C=O) groups is 1. The standard InChI is InChI=1S/C16H16N4O4S2/c1-10-9-13(24-2)18-15(17-10)19-16(21)20-26(22,23)12-7-3-5-11-6-4-8-25-14(11)12/h3-7,9H,8H2,1-2H3,(H2,17,18,19,20,21). The number of anilines is 1. The van der Waals surface area contributed by atoms with Crippen molar-refractivity contribution in [2.75, 3.05) is 18.2 Å². The van der Waals surface area contributed by atoms with Gasteiger partial charge in [0.25, 0.3) is 10.0 Å². The van der Waals surface area contributed by atoms with Crippen LogP contribution in [0.25, 0.3) is 6.08 Å². The van der Waals surface area contributed by atoms with E-state index in [0.717, 1.165) is 5.56 Å². The van der Waals surface area contributed by atoms with Gasteiger partial charge in [-0.2, -0.15) is 4.98 Å². The minimum absolute atomic E-state index is 0.0538. The first kappa shape index (κ1) is 18.2. The second kappa shape index (κ2) is 7.34. The molecule has 0 spiro atoms. The molecule has 0 atom stereocenters. The maximum Gasteiger partial charge on any atom is 0.335 e. The Morgan fingerprint density at radius 2 is 2.12 bits per heavy atom. The summed E-state index contributed by atoms with van der Waals surface area (Å²) in [6, 6.07) is 5.56. The first-order valence-electron chi connectivity index (χ1n) is 7.55. The van der Waals surface area contributed by atoms with Crippen molar-refractivity contribution in [3.05, 3.63) is 41.6 Å². The van der Waals surface area contributed by atoms with Crippen LogP contribution in [-0.2, 0) is 10.0 Å². The summed E-state index contributed by atoms with van der Waals surface area (Å²) >= 11 is 1.40. The minimum atomic E-state index is -4.05. The van der Waals surface area contributed by atoms with Crippen LogP contribution in [0.5, 0.6) is 5.88 Å². The summed E-state index contributed by atoms with van der Waals surface area (Å²) in [6.07, 6.45) is 3.81. The SMILES string of the molecule is COc1cc(C)nc(NC(=O)NS(=O)(=O)c2cccc3c2SCC=C3)n1. The number of hydrogen-bond acceptors (Lipinski definition) is 7. The monoisotopic (exact) mass is 392 g/mol. The Morgan fingerprint density at radius 3 is 2.88 bits per heavy atom. The van der Waals surface area contributed by atoms with Gasteiger partial charge in [0.05, 0.1) is 7.11 Å². The van der Waals surface area contributed by atoms with Gasteiger partial charge in [-0.1, -0.05) is 24.3 Å². The van der Waals surface area contributed by atoms with Gasteiger partial charge in [-0.15, -0.1) is 11.8 Å². The van der Waals surface area contributed by atoms with Crippen molar-refractivity contribution >= 4 is 39.8 Å². The van der Waals surface area contributed by atoms with E-state index in [9.17, 15) is 13.2 Å². The predicted octanol–water partition coefficient (Wildman–Crippen LogP) is 2.42. The summed E-state index contributed by atoms with van der Waals surface area (Å²) in [5.74, 6) is 0.876. The normalized spacial score (nSPS) is 13.0. The Hall–Kier alpha value is -2.59. The van der Waals surface area contributed by atoms with E-state index in [1.54, 1.807) is 19.1 Å². The molecule has 3 rings (SSSR count). The molecule has 0 aliphatic carbocycles. The molecule has 1 aromatic carbocycles. The third-order valence-corrected chi connectivity index (χ3v) is 6.02. The first-order chi connectivity index (χ1) is 12.4. The molecule has 26 heavy (non-hydrogen) atoms.